The van der Waals surface area contributed by atoms with Gasteiger partial charge in [0.1, 0.15) is 5.75 Å². The average Bonchev–Trinajstić information content (AvgIpc) is 2.64. The average molecular weight is 383 g/mol. The van der Waals surface area contributed by atoms with Crippen LogP contribution >= 0.6 is 11.6 Å². The van der Waals surface area contributed by atoms with Crippen molar-refractivity contribution < 1.29 is 23.9 Å². The zero-order valence-corrected chi connectivity index (χ0v) is 15.9. The van der Waals surface area contributed by atoms with Crippen LogP contribution in [0.4, 0.5) is 5.69 Å². The summed E-state index contributed by atoms with van der Waals surface area (Å²) in [6, 6.07) is 3.24. The molecule has 2 amide bonds. The van der Waals surface area contributed by atoms with E-state index in [1.54, 1.807) is 26.0 Å². The maximum absolute atomic E-state index is 12.4. The summed E-state index contributed by atoms with van der Waals surface area (Å²) in [7, 11) is 1.46. The number of carbonyl (C=O) groups is 3. The fourth-order valence-corrected chi connectivity index (χ4v) is 2.98. The fraction of sp³-hybridized carbons (Fsp3) is 0.500. The van der Waals surface area contributed by atoms with Gasteiger partial charge in [0, 0.05) is 24.2 Å². The number of piperidine rings is 1. The zero-order chi connectivity index (χ0) is 19.3. The molecule has 142 valence electrons. The molecule has 1 fully saturated rings. The first-order valence-electron chi connectivity index (χ1n) is 8.48. The number of carbonyl (C=O) groups excluding carboxylic acids is 3. The van der Waals surface area contributed by atoms with Crippen LogP contribution in [-0.4, -0.2) is 49.5 Å². The summed E-state index contributed by atoms with van der Waals surface area (Å²) in [4.78, 5) is 37.9. The van der Waals surface area contributed by atoms with Gasteiger partial charge in [0.2, 0.25) is 0 Å². The van der Waals surface area contributed by atoms with E-state index in [0.717, 1.165) is 5.56 Å². The van der Waals surface area contributed by atoms with Crippen LogP contribution < -0.4 is 10.1 Å². The van der Waals surface area contributed by atoms with E-state index in [9.17, 15) is 14.4 Å². The molecule has 1 aliphatic heterocycles. The Morgan fingerprint density at radius 2 is 1.92 bits per heavy atom. The molecule has 0 spiro atoms. The lowest BCUT2D eigenvalue weighted by molar-refractivity contribution is -0.152. The summed E-state index contributed by atoms with van der Waals surface area (Å²) < 4.78 is 10.2. The molecule has 0 aliphatic carbocycles. The third-order valence-electron chi connectivity index (χ3n) is 4.33. The minimum Gasteiger partial charge on any atom is -0.495 e. The standard InChI is InChI=1S/C18H23ClN2O5/c1-4-26-18(24)12-5-7-21(8-6-12)17(23)16(22)20-14-9-11(2)13(19)10-15(14)25-3/h9-10,12H,4-8H2,1-3H3,(H,20,22). The van der Waals surface area contributed by atoms with Crippen LogP contribution in [0.2, 0.25) is 5.02 Å². The van der Waals surface area contributed by atoms with Crippen molar-refractivity contribution in [3.05, 3.63) is 22.7 Å². The number of benzene rings is 1. The second kappa shape index (κ2) is 8.89. The van der Waals surface area contributed by atoms with Gasteiger partial charge in [0.15, 0.2) is 0 Å². The van der Waals surface area contributed by atoms with E-state index in [2.05, 4.69) is 5.32 Å². The van der Waals surface area contributed by atoms with Crippen LogP contribution in [0, 0.1) is 12.8 Å². The molecule has 26 heavy (non-hydrogen) atoms. The van der Waals surface area contributed by atoms with Crippen LogP contribution in [0.15, 0.2) is 12.1 Å². The molecule has 1 aromatic carbocycles. The molecule has 0 saturated carbocycles. The number of amides is 2. The largest absolute Gasteiger partial charge is 0.495 e. The first-order chi connectivity index (χ1) is 12.4. The normalized spacial score (nSPS) is 14.7. The summed E-state index contributed by atoms with van der Waals surface area (Å²) in [5, 5.41) is 3.08. The lowest BCUT2D eigenvalue weighted by Gasteiger charge is -2.30. The quantitative estimate of drug-likeness (QED) is 0.638. The molecule has 1 saturated heterocycles. The van der Waals surface area contributed by atoms with Crippen LogP contribution in [0.3, 0.4) is 0 Å². The highest BCUT2D eigenvalue weighted by molar-refractivity contribution is 6.39. The van der Waals surface area contributed by atoms with Gasteiger partial charge >= 0.3 is 17.8 Å². The Hall–Kier alpha value is -2.28. The molecule has 7 nitrogen and oxygen atoms in total. The van der Waals surface area contributed by atoms with Crippen molar-refractivity contribution in [1.82, 2.24) is 4.90 Å². The summed E-state index contributed by atoms with van der Waals surface area (Å²) in [6.45, 7) is 4.56. The number of ether oxygens (including phenoxy) is 2. The van der Waals surface area contributed by atoms with Crippen molar-refractivity contribution in [3.8, 4) is 5.75 Å². The topological polar surface area (TPSA) is 84.9 Å². The van der Waals surface area contributed by atoms with Crippen molar-refractivity contribution in [2.75, 3.05) is 32.1 Å². The number of hydrogen-bond acceptors (Lipinski definition) is 5. The Bertz CT molecular complexity index is 699. The van der Waals surface area contributed by atoms with E-state index in [4.69, 9.17) is 21.1 Å². The molecule has 1 aromatic rings. The first kappa shape index (κ1) is 20.0. The van der Waals surface area contributed by atoms with Gasteiger partial charge in [-0.05, 0) is 38.3 Å². The number of aryl methyl sites for hydroxylation is 1. The highest BCUT2D eigenvalue weighted by Crippen LogP contribution is 2.31. The van der Waals surface area contributed by atoms with Crippen molar-refractivity contribution in [2.45, 2.75) is 26.7 Å². The molecular weight excluding hydrogens is 360 g/mol. The zero-order valence-electron chi connectivity index (χ0n) is 15.1. The third-order valence-corrected chi connectivity index (χ3v) is 4.73. The monoisotopic (exact) mass is 382 g/mol. The Labute approximate surface area is 157 Å². The lowest BCUT2D eigenvalue weighted by atomic mass is 9.97. The second-order valence-corrected chi connectivity index (χ2v) is 6.48. The highest BCUT2D eigenvalue weighted by Gasteiger charge is 2.31. The third kappa shape index (κ3) is 4.66. The number of nitrogens with one attached hydrogen (secondary N) is 1. The Balaban J connectivity index is 1.98. The molecule has 1 aliphatic rings. The second-order valence-electron chi connectivity index (χ2n) is 6.07. The number of hydrogen-bond donors (Lipinski definition) is 1. The molecule has 0 unspecified atom stereocenters. The van der Waals surface area contributed by atoms with Gasteiger partial charge in [-0.3, -0.25) is 14.4 Å². The molecule has 2 rings (SSSR count). The van der Waals surface area contributed by atoms with Crippen molar-refractivity contribution >= 4 is 35.1 Å². The van der Waals surface area contributed by atoms with E-state index >= 15 is 0 Å². The Kier molecular flexibility index (Phi) is 6.85. The van der Waals surface area contributed by atoms with E-state index in [-0.39, 0.29) is 11.9 Å². The van der Waals surface area contributed by atoms with E-state index in [1.165, 1.54) is 12.0 Å². The minimum atomic E-state index is -0.750. The molecule has 0 atom stereocenters. The van der Waals surface area contributed by atoms with Gasteiger partial charge in [-0.25, -0.2) is 0 Å². The minimum absolute atomic E-state index is 0.221. The summed E-state index contributed by atoms with van der Waals surface area (Å²) in [5.74, 6) is -1.48. The van der Waals surface area contributed by atoms with Crippen molar-refractivity contribution in [2.24, 2.45) is 5.92 Å². The number of nitrogens with zero attached hydrogens (tertiary/aromatic N) is 1. The van der Waals surface area contributed by atoms with Crippen molar-refractivity contribution in [3.63, 3.8) is 0 Å². The van der Waals surface area contributed by atoms with Gasteiger partial charge in [0.25, 0.3) is 0 Å². The SMILES string of the molecule is CCOC(=O)C1CCN(C(=O)C(=O)Nc2cc(C)c(Cl)cc2OC)CC1. The molecule has 0 aromatic heterocycles. The van der Waals surface area contributed by atoms with Crippen LogP contribution in [-0.2, 0) is 19.1 Å². The van der Waals surface area contributed by atoms with Gasteiger partial charge in [-0.1, -0.05) is 11.6 Å². The maximum atomic E-state index is 12.4. The van der Waals surface area contributed by atoms with Crippen LogP contribution in [0.1, 0.15) is 25.3 Å². The predicted molar refractivity (Wildman–Crippen MR) is 97.3 cm³/mol. The number of likely N-dealkylation sites (tertiary alicyclic amines) is 1. The van der Waals surface area contributed by atoms with Crippen LogP contribution in [0.25, 0.3) is 0 Å². The molecule has 1 N–H and O–H groups in total. The number of rotatable bonds is 4. The van der Waals surface area contributed by atoms with Gasteiger partial charge < -0.3 is 19.7 Å². The predicted octanol–water partition coefficient (Wildman–Crippen LogP) is 2.40. The Morgan fingerprint density at radius 1 is 1.27 bits per heavy atom. The summed E-state index contributed by atoms with van der Waals surface area (Å²) in [6.07, 6.45) is 0.975. The van der Waals surface area contributed by atoms with Crippen molar-refractivity contribution in [1.29, 1.82) is 0 Å². The maximum Gasteiger partial charge on any atom is 0.314 e. The number of anilines is 1. The van der Waals surface area contributed by atoms with E-state index in [1.807, 2.05) is 0 Å². The van der Waals surface area contributed by atoms with Gasteiger partial charge in [-0.15, -0.1) is 0 Å². The number of esters is 1. The summed E-state index contributed by atoms with van der Waals surface area (Å²) in [5.41, 5.74) is 1.14. The molecular formula is C18H23ClN2O5. The smallest absolute Gasteiger partial charge is 0.314 e. The van der Waals surface area contributed by atoms with Gasteiger partial charge in [0.05, 0.1) is 25.3 Å². The Morgan fingerprint density at radius 3 is 2.50 bits per heavy atom. The molecule has 1 heterocycles. The van der Waals surface area contributed by atoms with E-state index < -0.39 is 11.8 Å². The fourth-order valence-electron chi connectivity index (χ4n) is 2.83. The molecule has 8 heteroatoms. The highest BCUT2D eigenvalue weighted by atomic mass is 35.5. The molecule has 0 bridgehead atoms. The van der Waals surface area contributed by atoms with E-state index in [0.29, 0.717) is 49.0 Å². The summed E-state index contributed by atoms with van der Waals surface area (Å²) >= 11 is 6.04. The molecule has 0 radical (unpaired) electrons. The van der Waals surface area contributed by atoms with Crippen LogP contribution in [0.5, 0.6) is 5.75 Å². The van der Waals surface area contributed by atoms with Gasteiger partial charge in [-0.2, -0.15) is 0 Å². The lowest BCUT2D eigenvalue weighted by Crippen LogP contribution is -2.45. The number of halogens is 1. The first-order valence-corrected chi connectivity index (χ1v) is 8.86. The number of methoxy groups -OCH3 is 1.